The molecule has 0 saturated carbocycles. The molecule has 1 saturated heterocycles. The molecule has 1 fully saturated rings. The molecule has 3 heterocycles. The van der Waals surface area contributed by atoms with Crippen LogP contribution in [0.15, 0.2) is 18.3 Å². The van der Waals surface area contributed by atoms with Crippen molar-refractivity contribution in [2.75, 3.05) is 6.61 Å². The highest BCUT2D eigenvalue weighted by atomic mass is 19.1. The number of ether oxygens (including phenoxy) is 1. The van der Waals surface area contributed by atoms with E-state index in [2.05, 4.69) is 10.00 Å². The van der Waals surface area contributed by atoms with Gasteiger partial charge in [0.15, 0.2) is 0 Å². The lowest BCUT2D eigenvalue weighted by Crippen LogP contribution is -2.47. The summed E-state index contributed by atoms with van der Waals surface area (Å²) < 4.78 is 35.8. The maximum atomic E-state index is 14.2. The number of nitrogens with zero attached hydrogens (tertiary/aromatic N) is 3. The van der Waals surface area contributed by atoms with Gasteiger partial charge in [-0.25, -0.2) is 8.78 Å². The van der Waals surface area contributed by atoms with E-state index >= 15 is 0 Å². The molecular formula is C18H22F2N4O. The summed E-state index contributed by atoms with van der Waals surface area (Å²) in [5.74, 6) is -0.896. The lowest BCUT2D eigenvalue weighted by molar-refractivity contribution is -0.0533. The molecule has 1 aromatic carbocycles. The predicted octanol–water partition coefficient (Wildman–Crippen LogP) is 2.18. The Morgan fingerprint density at radius 3 is 2.76 bits per heavy atom. The molecule has 1 unspecified atom stereocenters. The maximum absolute atomic E-state index is 14.2. The summed E-state index contributed by atoms with van der Waals surface area (Å²) in [4.78, 5) is 2.29. The number of nitrogens with two attached hydrogens (primary N) is 1. The van der Waals surface area contributed by atoms with E-state index in [0.29, 0.717) is 13.0 Å². The summed E-state index contributed by atoms with van der Waals surface area (Å²) in [6.45, 7) is 3.58. The van der Waals surface area contributed by atoms with Crippen molar-refractivity contribution < 1.29 is 13.5 Å². The minimum absolute atomic E-state index is 0.157. The van der Waals surface area contributed by atoms with Crippen molar-refractivity contribution in [3.63, 3.8) is 0 Å². The fraction of sp³-hybridized carbons (Fsp3) is 0.500. The number of hydrogen-bond acceptors (Lipinski definition) is 4. The average Bonchev–Trinajstić information content (AvgIpc) is 3.08. The van der Waals surface area contributed by atoms with Gasteiger partial charge in [0.25, 0.3) is 0 Å². The molecule has 2 aromatic rings. The lowest BCUT2D eigenvalue weighted by Gasteiger charge is -2.38. The monoisotopic (exact) mass is 348 g/mol. The van der Waals surface area contributed by atoms with E-state index in [1.165, 1.54) is 17.7 Å². The summed E-state index contributed by atoms with van der Waals surface area (Å²) in [5, 5.41) is 4.46. The van der Waals surface area contributed by atoms with Crippen molar-refractivity contribution in [1.82, 2.24) is 14.7 Å². The van der Waals surface area contributed by atoms with Gasteiger partial charge in [0.1, 0.15) is 17.7 Å². The van der Waals surface area contributed by atoms with E-state index in [1.54, 1.807) is 6.92 Å². The largest absolute Gasteiger partial charge is 0.370 e. The van der Waals surface area contributed by atoms with Gasteiger partial charge in [-0.05, 0) is 31.0 Å². The Balaban J connectivity index is 1.46. The van der Waals surface area contributed by atoms with E-state index in [0.717, 1.165) is 18.8 Å². The topological polar surface area (TPSA) is 56.3 Å². The van der Waals surface area contributed by atoms with E-state index in [9.17, 15) is 8.78 Å². The Morgan fingerprint density at radius 1 is 1.24 bits per heavy atom. The zero-order valence-corrected chi connectivity index (χ0v) is 14.4. The van der Waals surface area contributed by atoms with Crippen molar-refractivity contribution in [3.05, 3.63) is 52.3 Å². The Kier molecular flexibility index (Phi) is 4.10. The maximum Gasteiger partial charge on any atom is 0.129 e. The third-order valence-corrected chi connectivity index (χ3v) is 5.22. The van der Waals surface area contributed by atoms with Crippen LogP contribution in [0.25, 0.3) is 0 Å². The number of fused-ring (bicyclic) bond motifs is 1. The van der Waals surface area contributed by atoms with Gasteiger partial charge in [0.05, 0.1) is 12.3 Å². The highest BCUT2D eigenvalue weighted by Crippen LogP contribution is 2.34. The smallest absolute Gasteiger partial charge is 0.129 e. The molecule has 0 amide bonds. The standard InChI is InChI=1S/C18H22F2N4O/c1-10-3-15(20)13(5-14(10)19)18-16(21)4-12(9-25-18)24-7-11-6-23(2)22-17(11)8-24/h3,5-6,12,16,18H,4,7-9,21H2,1-2H3/t12-,16+,18?/m1/s1. The highest BCUT2D eigenvalue weighted by Gasteiger charge is 2.37. The first kappa shape index (κ1) is 16.6. The Labute approximate surface area is 145 Å². The van der Waals surface area contributed by atoms with E-state index in [-0.39, 0.29) is 23.2 Å². The summed E-state index contributed by atoms with van der Waals surface area (Å²) in [6, 6.07) is 2.19. The predicted molar refractivity (Wildman–Crippen MR) is 88.6 cm³/mol. The van der Waals surface area contributed by atoms with Crippen LogP contribution in [0.4, 0.5) is 8.78 Å². The zero-order chi connectivity index (χ0) is 17.7. The van der Waals surface area contributed by atoms with Crippen molar-refractivity contribution in [3.8, 4) is 0 Å². The van der Waals surface area contributed by atoms with E-state index < -0.39 is 17.7 Å². The van der Waals surface area contributed by atoms with Gasteiger partial charge in [-0.3, -0.25) is 9.58 Å². The second-order valence-electron chi connectivity index (χ2n) is 7.11. The van der Waals surface area contributed by atoms with Crippen LogP contribution in [0, 0.1) is 18.6 Å². The Bertz CT molecular complexity index is 783. The number of halogens is 2. The minimum atomic E-state index is -0.615. The van der Waals surface area contributed by atoms with E-state index in [1.807, 2.05) is 17.9 Å². The molecule has 3 atom stereocenters. The second-order valence-corrected chi connectivity index (χ2v) is 7.11. The van der Waals surface area contributed by atoms with Gasteiger partial charge >= 0.3 is 0 Å². The molecule has 5 nitrogen and oxygen atoms in total. The number of benzene rings is 1. The van der Waals surface area contributed by atoms with Crippen LogP contribution in [-0.2, 0) is 24.9 Å². The molecule has 0 radical (unpaired) electrons. The SMILES string of the molecule is Cc1cc(F)c(C2OC[C@H](N3Cc4cn(C)nc4C3)C[C@@H]2N)cc1F. The first-order valence-corrected chi connectivity index (χ1v) is 8.50. The van der Waals surface area contributed by atoms with Crippen molar-refractivity contribution in [1.29, 1.82) is 0 Å². The van der Waals surface area contributed by atoms with Crippen molar-refractivity contribution in [2.45, 2.75) is 44.6 Å². The normalized spacial score (nSPS) is 26.8. The van der Waals surface area contributed by atoms with E-state index in [4.69, 9.17) is 10.5 Å². The molecule has 0 aliphatic carbocycles. The molecule has 0 spiro atoms. The van der Waals surface area contributed by atoms with Crippen LogP contribution in [0.3, 0.4) is 0 Å². The van der Waals surface area contributed by atoms with Gasteiger partial charge in [0, 0.05) is 49.5 Å². The van der Waals surface area contributed by atoms with Crippen LogP contribution >= 0.6 is 0 Å². The third-order valence-electron chi connectivity index (χ3n) is 5.22. The van der Waals surface area contributed by atoms with Crippen LogP contribution in [0.1, 0.15) is 34.9 Å². The number of aryl methyl sites for hydroxylation is 2. The van der Waals surface area contributed by atoms with Gasteiger partial charge in [-0.15, -0.1) is 0 Å². The van der Waals surface area contributed by atoms with Crippen LogP contribution in [0.5, 0.6) is 0 Å². The number of aromatic nitrogens is 2. The molecular weight excluding hydrogens is 326 g/mol. The van der Waals surface area contributed by atoms with Gasteiger partial charge < -0.3 is 10.5 Å². The summed E-state index contributed by atoms with van der Waals surface area (Å²) in [7, 11) is 1.92. The fourth-order valence-corrected chi connectivity index (χ4v) is 3.87. The molecule has 2 N–H and O–H groups in total. The quantitative estimate of drug-likeness (QED) is 0.904. The first-order chi connectivity index (χ1) is 11.9. The molecule has 2 aliphatic rings. The molecule has 0 bridgehead atoms. The molecule has 2 aliphatic heterocycles. The minimum Gasteiger partial charge on any atom is -0.370 e. The number of rotatable bonds is 2. The average molecular weight is 348 g/mol. The molecule has 25 heavy (non-hydrogen) atoms. The van der Waals surface area contributed by atoms with Gasteiger partial charge in [0.2, 0.25) is 0 Å². The molecule has 7 heteroatoms. The summed E-state index contributed by atoms with van der Waals surface area (Å²) >= 11 is 0. The molecule has 4 rings (SSSR count). The van der Waals surface area contributed by atoms with Crippen LogP contribution in [-0.4, -0.2) is 33.4 Å². The third kappa shape index (κ3) is 2.96. The molecule has 134 valence electrons. The van der Waals surface area contributed by atoms with Crippen LogP contribution in [0.2, 0.25) is 0 Å². The van der Waals surface area contributed by atoms with Crippen molar-refractivity contribution >= 4 is 0 Å². The molecule has 1 aromatic heterocycles. The summed E-state index contributed by atoms with van der Waals surface area (Å²) in [6.07, 6.45) is 2.10. The Morgan fingerprint density at radius 2 is 2.04 bits per heavy atom. The highest BCUT2D eigenvalue weighted by molar-refractivity contribution is 5.28. The van der Waals surface area contributed by atoms with Crippen molar-refractivity contribution in [2.24, 2.45) is 12.8 Å². The van der Waals surface area contributed by atoms with Crippen LogP contribution < -0.4 is 5.73 Å². The Hall–Kier alpha value is -1.83. The second kappa shape index (κ2) is 6.16. The number of hydrogen-bond donors (Lipinski definition) is 1. The van der Waals surface area contributed by atoms with Gasteiger partial charge in [-0.2, -0.15) is 5.10 Å². The fourth-order valence-electron chi connectivity index (χ4n) is 3.87. The first-order valence-electron chi connectivity index (χ1n) is 8.50. The lowest BCUT2D eigenvalue weighted by atomic mass is 9.92. The zero-order valence-electron chi connectivity index (χ0n) is 14.4. The van der Waals surface area contributed by atoms with Gasteiger partial charge in [-0.1, -0.05) is 0 Å². The summed E-state index contributed by atoms with van der Waals surface area (Å²) in [5.41, 5.74) is 9.08.